The van der Waals surface area contributed by atoms with Crippen molar-refractivity contribution in [1.29, 1.82) is 0 Å². The fraction of sp³-hybridized carbons (Fsp3) is 0.0556. The van der Waals surface area contributed by atoms with Crippen LogP contribution in [0.3, 0.4) is 0 Å². The minimum atomic E-state index is -0.512. The zero-order chi connectivity index (χ0) is 14.7. The van der Waals surface area contributed by atoms with Gasteiger partial charge in [0.1, 0.15) is 0 Å². The van der Waals surface area contributed by atoms with E-state index in [1.54, 1.807) is 0 Å². The van der Waals surface area contributed by atoms with Crippen LogP contribution in [0.2, 0.25) is 0 Å². The Morgan fingerprint density at radius 2 is 1.62 bits per heavy atom. The van der Waals surface area contributed by atoms with Crippen molar-refractivity contribution in [2.75, 3.05) is 0 Å². The normalized spacial score (nSPS) is 10.5. The molecular weight excluding hydrogens is 260 g/mol. The molecule has 3 aromatic carbocycles. The number of rotatable bonds is 3. The van der Waals surface area contributed by atoms with Gasteiger partial charge in [-0.25, -0.2) is 4.79 Å². The Morgan fingerprint density at radius 3 is 2.38 bits per heavy atom. The van der Waals surface area contributed by atoms with E-state index < -0.39 is 6.03 Å². The van der Waals surface area contributed by atoms with E-state index in [0.717, 1.165) is 16.7 Å². The van der Waals surface area contributed by atoms with Crippen molar-refractivity contribution < 1.29 is 4.79 Å². The average Bonchev–Trinajstić information content (AvgIpc) is 2.53. The van der Waals surface area contributed by atoms with Crippen LogP contribution in [-0.4, -0.2) is 6.03 Å². The van der Waals surface area contributed by atoms with Gasteiger partial charge in [-0.05, 0) is 27.5 Å². The highest BCUT2D eigenvalue weighted by molar-refractivity contribution is 5.98. The van der Waals surface area contributed by atoms with E-state index in [1.165, 1.54) is 10.8 Å². The first-order chi connectivity index (χ1) is 10.3. The van der Waals surface area contributed by atoms with E-state index in [1.807, 2.05) is 36.4 Å². The first-order valence-electron chi connectivity index (χ1n) is 6.85. The summed E-state index contributed by atoms with van der Waals surface area (Å²) in [6.45, 7) is 0.421. The quantitative estimate of drug-likeness (QED) is 0.753. The molecule has 0 saturated heterocycles. The van der Waals surface area contributed by atoms with E-state index in [-0.39, 0.29) is 0 Å². The van der Waals surface area contributed by atoms with Gasteiger partial charge >= 0.3 is 6.03 Å². The number of nitrogens with one attached hydrogen (secondary N) is 1. The summed E-state index contributed by atoms with van der Waals surface area (Å²) in [6.07, 6.45) is 0. The summed E-state index contributed by atoms with van der Waals surface area (Å²) in [6, 6.07) is 22.0. The van der Waals surface area contributed by atoms with Crippen molar-refractivity contribution in [3.63, 3.8) is 0 Å². The molecule has 0 aromatic heterocycles. The molecule has 0 unspecified atom stereocenters. The molecule has 21 heavy (non-hydrogen) atoms. The number of primary amides is 1. The maximum atomic E-state index is 11.0. The summed E-state index contributed by atoms with van der Waals surface area (Å²) in [5.74, 6) is 0. The third-order valence-electron chi connectivity index (χ3n) is 3.53. The third kappa shape index (κ3) is 2.72. The summed E-state index contributed by atoms with van der Waals surface area (Å²) in [4.78, 5) is 11.0. The number of hydrogen-bond acceptors (Lipinski definition) is 1. The number of nitrogens with two attached hydrogens (primary N) is 1. The molecule has 0 radical (unpaired) electrons. The molecule has 0 heterocycles. The lowest BCUT2D eigenvalue weighted by Crippen LogP contribution is -2.28. The number of benzene rings is 3. The molecule has 104 valence electrons. The van der Waals surface area contributed by atoms with Gasteiger partial charge in [-0.2, -0.15) is 0 Å². The van der Waals surface area contributed by atoms with Gasteiger partial charge in [0.25, 0.3) is 0 Å². The molecule has 3 rings (SSSR count). The highest BCUT2D eigenvalue weighted by atomic mass is 16.2. The summed E-state index contributed by atoms with van der Waals surface area (Å²) in [5, 5.41) is 5.03. The molecule has 3 aromatic rings. The molecule has 0 fully saturated rings. The van der Waals surface area contributed by atoms with Crippen LogP contribution in [0.4, 0.5) is 4.79 Å². The van der Waals surface area contributed by atoms with E-state index in [2.05, 4.69) is 35.6 Å². The van der Waals surface area contributed by atoms with Crippen molar-refractivity contribution in [2.45, 2.75) is 6.54 Å². The Morgan fingerprint density at radius 1 is 0.905 bits per heavy atom. The zero-order valence-electron chi connectivity index (χ0n) is 11.5. The second-order valence-corrected chi connectivity index (χ2v) is 4.90. The highest BCUT2D eigenvalue weighted by Crippen LogP contribution is 2.32. The lowest BCUT2D eigenvalue weighted by Gasteiger charge is -2.14. The molecule has 0 aliphatic carbocycles. The van der Waals surface area contributed by atoms with Crippen molar-refractivity contribution in [3.8, 4) is 11.1 Å². The maximum absolute atomic E-state index is 11.0. The Balaban J connectivity index is 2.20. The SMILES string of the molecule is NC(=O)NCc1ccc2ccccc2c1-c1ccccc1. The molecule has 3 N–H and O–H groups in total. The van der Waals surface area contributed by atoms with Crippen LogP contribution in [0.25, 0.3) is 21.9 Å². The molecule has 2 amide bonds. The molecule has 0 spiro atoms. The summed E-state index contributed by atoms with van der Waals surface area (Å²) in [5.41, 5.74) is 8.52. The monoisotopic (exact) mass is 276 g/mol. The summed E-state index contributed by atoms with van der Waals surface area (Å²) in [7, 11) is 0. The van der Waals surface area contributed by atoms with E-state index >= 15 is 0 Å². The van der Waals surface area contributed by atoms with Gasteiger partial charge in [-0.3, -0.25) is 0 Å². The minimum Gasteiger partial charge on any atom is -0.352 e. The van der Waals surface area contributed by atoms with Crippen LogP contribution in [0.15, 0.2) is 66.7 Å². The first kappa shape index (κ1) is 13.2. The van der Waals surface area contributed by atoms with Crippen LogP contribution in [-0.2, 0) is 6.54 Å². The fourth-order valence-electron chi connectivity index (χ4n) is 2.59. The third-order valence-corrected chi connectivity index (χ3v) is 3.53. The molecule has 3 heteroatoms. The Kier molecular flexibility index (Phi) is 3.56. The van der Waals surface area contributed by atoms with Gasteiger partial charge < -0.3 is 11.1 Å². The zero-order valence-corrected chi connectivity index (χ0v) is 11.5. The number of hydrogen-bond donors (Lipinski definition) is 2. The van der Waals surface area contributed by atoms with Crippen molar-refractivity contribution in [2.24, 2.45) is 5.73 Å². The van der Waals surface area contributed by atoms with Crippen molar-refractivity contribution in [1.82, 2.24) is 5.32 Å². The Hall–Kier alpha value is -2.81. The molecule has 3 nitrogen and oxygen atoms in total. The van der Waals surface area contributed by atoms with Gasteiger partial charge in [0.15, 0.2) is 0 Å². The van der Waals surface area contributed by atoms with Gasteiger partial charge in [0.2, 0.25) is 0 Å². The lowest BCUT2D eigenvalue weighted by molar-refractivity contribution is 0.248. The van der Waals surface area contributed by atoms with Crippen LogP contribution in [0, 0.1) is 0 Å². The number of fused-ring (bicyclic) bond motifs is 1. The van der Waals surface area contributed by atoms with Gasteiger partial charge in [0, 0.05) is 6.54 Å². The number of carbonyl (C=O) groups excluding carboxylic acids is 1. The van der Waals surface area contributed by atoms with E-state index in [0.29, 0.717) is 6.54 Å². The number of carbonyl (C=O) groups is 1. The topological polar surface area (TPSA) is 55.1 Å². The predicted molar refractivity (Wildman–Crippen MR) is 85.8 cm³/mol. The highest BCUT2D eigenvalue weighted by Gasteiger charge is 2.10. The average molecular weight is 276 g/mol. The standard InChI is InChI=1S/C18H16N2O/c19-18(21)20-12-15-11-10-13-6-4-5-9-16(13)17(15)14-7-2-1-3-8-14/h1-11H,12H2,(H3,19,20,21). The van der Waals surface area contributed by atoms with Crippen molar-refractivity contribution in [3.05, 3.63) is 72.3 Å². The van der Waals surface area contributed by atoms with Gasteiger partial charge in [-0.1, -0.05) is 66.7 Å². The van der Waals surface area contributed by atoms with Crippen LogP contribution in [0.1, 0.15) is 5.56 Å². The number of amides is 2. The van der Waals surface area contributed by atoms with Crippen molar-refractivity contribution >= 4 is 16.8 Å². The largest absolute Gasteiger partial charge is 0.352 e. The molecule has 0 aliphatic rings. The first-order valence-corrected chi connectivity index (χ1v) is 6.85. The van der Waals surface area contributed by atoms with E-state index in [4.69, 9.17) is 5.73 Å². The molecule has 0 atom stereocenters. The summed E-state index contributed by atoms with van der Waals surface area (Å²) >= 11 is 0. The Bertz CT molecular complexity index is 782. The van der Waals surface area contributed by atoms with Crippen LogP contribution in [0.5, 0.6) is 0 Å². The molecular formula is C18H16N2O. The van der Waals surface area contributed by atoms with Gasteiger partial charge in [0.05, 0.1) is 0 Å². The van der Waals surface area contributed by atoms with Crippen LogP contribution < -0.4 is 11.1 Å². The lowest BCUT2D eigenvalue weighted by atomic mass is 9.93. The fourth-order valence-corrected chi connectivity index (χ4v) is 2.59. The maximum Gasteiger partial charge on any atom is 0.312 e. The summed E-state index contributed by atoms with van der Waals surface area (Å²) < 4.78 is 0. The Labute approximate surface area is 123 Å². The van der Waals surface area contributed by atoms with Crippen LogP contribution >= 0.6 is 0 Å². The van der Waals surface area contributed by atoms with E-state index in [9.17, 15) is 4.79 Å². The molecule has 0 bridgehead atoms. The minimum absolute atomic E-state index is 0.421. The second-order valence-electron chi connectivity index (χ2n) is 4.90. The number of urea groups is 1. The predicted octanol–water partition coefficient (Wildman–Crippen LogP) is 3.68. The smallest absolute Gasteiger partial charge is 0.312 e. The molecule has 0 saturated carbocycles. The second kappa shape index (κ2) is 5.67. The van der Waals surface area contributed by atoms with Gasteiger partial charge in [-0.15, -0.1) is 0 Å². The molecule has 0 aliphatic heterocycles.